The number of sulfonamides is 1. The molecule has 0 saturated heterocycles. The number of hydrogen-bond acceptors (Lipinski definition) is 5. The Kier molecular flexibility index (Phi) is 10.6. The minimum Gasteiger partial charge on any atom is -0.354 e. The molecule has 1 aliphatic heterocycles. The quantitative estimate of drug-likeness (QED) is 0.252. The van der Waals surface area contributed by atoms with Crippen LogP contribution < -0.4 is 5.32 Å². The van der Waals surface area contributed by atoms with Crippen LogP contribution in [0.5, 0.6) is 0 Å². The molecule has 3 aromatic rings. The number of rotatable bonds is 13. The SMILES string of the molecule is CCCCNC(=O)C(Cc1ccccc1)N(Cc1ccc(Cl)cc1Cl)C(=O)CCCN1C(=O)c2ccccc2S1(=O)=O. The predicted octanol–water partition coefficient (Wildman–Crippen LogP) is 5.47. The van der Waals surface area contributed by atoms with Crippen LogP contribution in [0.15, 0.2) is 77.7 Å². The van der Waals surface area contributed by atoms with Crippen molar-refractivity contribution in [2.75, 3.05) is 13.1 Å². The Labute approximate surface area is 256 Å². The topological polar surface area (TPSA) is 104 Å². The fourth-order valence-corrected chi connectivity index (χ4v) is 6.94. The predicted molar refractivity (Wildman–Crippen MR) is 163 cm³/mol. The van der Waals surface area contributed by atoms with E-state index in [0.29, 0.717) is 22.2 Å². The van der Waals surface area contributed by atoms with E-state index < -0.39 is 22.0 Å². The van der Waals surface area contributed by atoms with Gasteiger partial charge in [-0.15, -0.1) is 0 Å². The lowest BCUT2D eigenvalue weighted by atomic mass is 10.0. The van der Waals surface area contributed by atoms with Gasteiger partial charge in [-0.1, -0.05) is 85.1 Å². The minimum atomic E-state index is -3.99. The summed E-state index contributed by atoms with van der Waals surface area (Å²) in [5, 5.41) is 3.76. The fraction of sp³-hybridized carbons (Fsp3) is 0.323. The molecule has 0 saturated carbocycles. The Balaban J connectivity index is 1.58. The lowest BCUT2D eigenvalue weighted by Crippen LogP contribution is -2.50. The first-order chi connectivity index (χ1) is 20.1. The lowest BCUT2D eigenvalue weighted by molar-refractivity contribution is -0.141. The molecule has 0 radical (unpaired) electrons. The van der Waals surface area contributed by atoms with Gasteiger partial charge in [0.1, 0.15) is 10.9 Å². The van der Waals surface area contributed by atoms with Crippen molar-refractivity contribution >= 4 is 50.9 Å². The minimum absolute atomic E-state index is 0.0352. The first kappa shape index (κ1) is 31.5. The number of carbonyl (C=O) groups is 3. The number of nitrogens with one attached hydrogen (secondary N) is 1. The van der Waals surface area contributed by atoms with Crippen LogP contribution in [0.25, 0.3) is 0 Å². The lowest BCUT2D eigenvalue weighted by Gasteiger charge is -2.32. The van der Waals surface area contributed by atoms with Crippen LogP contribution in [-0.2, 0) is 32.6 Å². The molecule has 0 aliphatic carbocycles. The van der Waals surface area contributed by atoms with Crippen molar-refractivity contribution in [3.05, 3.63) is 99.5 Å². The second-order valence-electron chi connectivity index (χ2n) is 10.1. The normalized spacial score (nSPS) is 14.4. The van der Waals surface area contributed by atoms with Gasteiger partial charge in [0.2, 0.25) is 11.8 Å². The van der Waals surface area contributed by atoms with E-state index in [2.05, 4.69) is 5.32 Å². The molecule has 222 valence electrons. The average Bonchev–Trinajstić information content (AvgIpc) is 3.17. The van der Waals surface area contributed by atoms with Gasteiger partial charge in [0.25, 0.3) is 15.9 Å². The second kappa shape index (κ2) is 14.2. The summed E-state index contributed by atoms with van der Waals surface area (Å²) >= 11 is 12.6. The van der Waals surface area contributed by atoms with Crippen molar-refractivity contribution in [2.45, 2.75) is 56.5 Å². The van der Waals surface area contributed by atoms with Crippen LogP contribution in [0.1, 0.15) is 54.1 Å². The zero-order valence-corrected chi connectivity index (χ0v) is 25.6. The van der Waals surface area contributed by atoms with Gasteiger partial charge in [-0.3, -0.25) is 14.4 Å². The summed E-state index contributed by atoms with van der Waals surface area (Å²) in [4.78, 5) is 41.7. The first-order valence-electron chi connectivity index (χ1n) is 13.8. The van der Waals surface area contributed by atoms with E-state index in [-0.39, 0.29) is 54.6 Å². The number of benzene rings is 3. The highest BCUT2D eigenvalue weighted by Crippen LogP contribution is 2.30. The summed E-state index contributed by atoms with van der Waals surface area (Å²) in [6.45, 7) is 2.37. The molecule has 1 aliphatic rings. The summed E-state index contributed by atoms with van der Waals surface area (Å²) in [6.07, 6.45) is 1.95. The fourth-order valence-electron chi connectivity index (χ4n) is 4.86. The molecule has 3 amide bonds. The van der Waals surface area contributed by atoms with Crippen LogP contribution in [0, 0.1) is 0 Å². The zero-order valence-electron chi connectivity index (χ0n) is 23.3. The van der Waals surface area contributed by atoms with Crippen molar-refractivity contribution in [1.29, 1.82) is 0 Å². The molecule has 0 spiro atoms. The van der Waals surface area contributed by atoms with Gasteiger partial charge in [0.15, 0.2) is 0 Å². The van der Waals surface area contributed by atoms with Crippen molar-refractivity contribution in [1.82, 2.24) is 14.5 Å². The number of unbranched alkanes of at least 4 members (excludes halogenated alkanes) is 1. The van der Waals surface area contributed by atoms with E-state index in [1.54, 1.807) is 30.3 Å². The number of nitrogens with zero attached hydrogens (tertiary/aromatic N) is 2. The third kappa shape index (κ3) is 7.32. The van der Waals surface area contributed by atoms with Gasteiger partial charge >= 0.3 is 0 Å². The van der Waals surface area contributed by atoms with Crippen LogP contribution in [0.4, 0.5) is 0 Å². The van der Waals surface area contributed by atoms with Crippen LogP contribution in [-0.4, -0.2) is 54.5 Å². The monoisotopic (exact) mass is 629 g/mol. The van der Waals surface area contributed by atoms with Crippen LogP contribution >= 0.6 is 23.2 Å². The molecule has 3 aromatic carbocycles. The summed E-state index contributed by atoms with van der Waals surface area (Å²) in [5.74, 6) is -1.27. The van der Waals surface area contributed by atoms with E-state index in [0.717, 1.165) is 22.7 Å². The first-order valence-corrected chi connectivity index (χ1v) is 16.0. The van der Waals surface area contributed by atoms with Crippen molar-refractivity contribution in [3.8, 4) is 0 Å². The zero-order chi connectivity index (χ0) is 30.3. The van der Waals surface area contributed by atoms with Gasteiger partial charge in [0.05, 0.1) is 5.56 Å². The highest BCUT2D eigenvalue weighted by Gasteiger charge is 2.40. The molecular weight excluding hydrogens is 597 g/mol. The van der Waals surface area contributed by atoms with E-state index in [9.17, 15) is 22.8 Å². The van der Waals surface area contributed by atoms with Gasteiger partial charge in [-0.05, 0) is 48.2 Å². The van der Waals surface area contributed by atoms with E-state index in [1.165, 1.54) is 17.0 Å². The Morgan fingerprint density at radius 3 is 2.38 bits per heavy atom. The van der Waals surface area contributed by atoms with Gasteiger partial charge < -0.3 is 10.2 Å². The summed E-state index contributed by atoms with van der Waals surface area (Å²) in [7, 11) is -3.99. The molecule has 42 heavy (non-hydrogen) atoms. The van der Waals surface area contributed by atoms with Crippen LogP contribution in [0.2, 0.25) is 10.0 Å². The molecule has 4 rings (SSSR count). The molecule has 0 bridgehead atoms. The molecular formula is C31H33Cl2N3O5S. The van der Waals surface area contributed by atoms with Crippen LogP contribution in [0.3, 0.4) is 0 Å². The standard InChI is InChI=1S/C31H33Cl2N3O5S/c1-2-3-17-34-30(38)27(19-22-10-5-4-6-11-22)35(21-23-15-16-24(32)20-26(23)33)29(37)14-9-18-36-31(39)25-12-7-8-13-28(25)42(36,40)41/h4-8,10-13,15-16,20,27H,2-3,9,14,17-19,21H2,1H3,(H,34,38). The molecule has 11 heteroatoms. The molecule has 1 N–H and O–H groups in total. The number of hydrogen-bond donors (Lipinski definition) is 1. The van der Waals surface area contributed by atoms with E-state index in [1.807, 2.05) is 37.3 Å². The van der Waals surface area contributed by atoms with Gasteiger partial charge in [0, 0.05) is 42.5 Å². The smallest absolute Gasteiger partial charge is 0.269 e. The number of amides is 3. The molecule has 1 atom stereocenters. The highest BCUT2D eigenvalue weighted by atomic mass is 35.5. The Morgan fingerprint density at radius 1 is 0.976 bits per heavy atom. The molecule has 0 fully saturated rings. The van der Waals surface area contributed by atoms with Gasteiger partial charge in [-0.25, -0.2) is 12.7 Å². The summed E-state index contributed by atoms with van der Waals surface area (Å²) in [5.41, 5.74) is 1.61. The van der Waals surface area contributed by atoms with Crippen molar-refractivity contribution in [2.24, 2.45) is 0 Å². The van der Waals surface area contributed by atoms with Crippen molar-refractivity contribution < 1.29 is 22.8 Å². The number of fused-ring (bicyclic) bond motifs is 1. The second-order valence-corrected chi connectivity index (χ2v) is 12.8. The third-order valence-electron chi connectivity index (χ3n) is 7.12. The largest absolute Gasteiger partial charge is 0.354 e. The Bertz CT molecular complexity index is 1550. The molecule has 8 nitrogen and oxygen atoms in total. The highest BCUT2D eigenvalue weighted by molar-refractivity contribution is 7.90. The Hall–Kier alpha value is -3.40. The molecule has 1 heterocycles. The molecule has 1 unspecified atom stereocenters. The average molecular weight is 631 g/mol. The maximum atomic E-state index is 13.9. The summed E-state index contributed by atoms with van der Waals surface area (Å²) < 4.78 is 26.7. The van der Waals surface area contributed by atoms with E-state index >= 15 is 0 Å². The van der Waals surface area contributed by atoms with E-state index in [4.69, 9.17) is 23.2 Å². The van der Waals surface area contributed by atoms with Crippen molar-refractivity contribution in [3.63, 3.8) is 0 Å². The molecule has 0 aromatic heterocycles. The maximum Gasteiger partial charge on any atom is 0.269 e. The summed E-state index contributed by atoms with van der Waals surface area (Å²) in [6, 6.07) is 19.6. The number of carbonyl (C=O) groups excluding carboxylic acids is 3. The van der Waals surface area contributed by atoms with Gasteiger partial charge in [-0.2, -0.15) is 0 Å². The maximum absolute atomic E-state index is 13.9. The Morgan fingerprint density at radius 2 is 1.69 bits per heavy atom. The third-order valence-corrected chi connectivity index (χ3v) is 9.55. The number of halogens is 2.